The number of hydrogen-bond acceptors (Lipinski definition) is 11. The Balaban J connectivity index is 1.30. The van der Waals surface area contributed by atoms with Gasteiger partial charge in [-0.05, 0) is 55.0 Å². The summed E-state index contributed by atoms with van der Waals surface area (Å²) in [4.78, 5) is 24.7. The van der Waals surface area contributed by atoms with Gasteiger partial charge in [-0.2, -0.15) is 4.31 Å². The van der Waals surface area contributed by atoms with E-state index in [1.54, 1.807) is 37.4 Å². The second kappa shape index (κ2) is 16.2. The van der Waals surface area contributed by atoms with Gasteiger partial charge in [0.25, 0.3) is 0 Å². The molecule has 0 spiro atoms. The number of nitrogens with zero attached hydrogens (tertiary/aromatic N) is 1. The van der Waals surface area contributed by atoms with Gasteiger partial charge in [-0.1, -0.05) is 26.0 Å². The first-order chi connectivity index (χ1) is 23.0. The topological polar surface area (TPSA) is 171 Å². The quantitative estimate of drug-likeness (QED) is 0.221. The molecule has 0 aliphatic carbocycles. The van der Waals surface area contributed by atoms with Crippen molar-refractivity contribution in [3.05, 3.63) is 48.0 Å². The summed E-state index contributed by atoms with van der Waals surface area (Å²) < 4.78 is 62.3. The van der Waals surface area contributed by atoms with Crippen LogP contribution in [0.15, 0.2) is 47.4 Å². The number of fused-ring (bicyclic) bond motifs is 2. The highest BCUT2D eigenvalue weighted by atomic mass is 32.2. The molecule has 2 amide bonds. The molecule has 14 nitrogen and oxygen atoms in total. The molecule has 2 aromatic rings. The lowest BCUT2D eigenvalue weighted by atomic mass is 10.0. The molecule has 2 aromatic carbocycles. The second-order valence-corrected chi connectivity index (χ2v) is 14.4. The maximum atomic E-state index is 13.9. The van der Waals surface area contributed by atoms with E-state index in [2.05, 4.69) is 10.6 Å². The smallest absolute Gasteiger partial charge is 0.407 e. The van der Waals surface area contributed by atoms with Gasteiger partial charge >= 0.3 is 6.09 Å². The maximum absolute atomic E-state index is 13.9. The van der Waals surface area contributed by atoms with Crippen LogP contribution in [0.3, 0.4) is 0 Å². The summed E-state index contributed by atoms with van der Waals surface area (Å²) in [5.41, 5.74) is 0.763. The Morgan fingerprint density at radius 2 is 1.83 bits per heavy atom. The highest BCUT2D eigenvalue weighted by Crippen LogP contribution is 2.35. The van der Waals surface area contributed by atoms with Gasteiger partial charge in [-0.3, -0.25) is 4.79 Å². The Hall–Kier alpha value is -3.63. The average Bonchev–Trinajstić information content (AvgIpc) is 3.81. The van der Waals surface area contributed by atoms with Crippen LogP contribution in [0.4, 0.5) is 4.79 Å². The van der Waals surface area contributed by atoms with Gasteiger partial charge in [0.1, 0.15) is 11.9 Å². The van der Waals surface area contributed by atoms with Crippen molar-refractivity contribution in [2.24, 2.45) is 11.8 Å². The molecule has 15 heteroatoms. The molecule has 2 fully saturated rings. The molecule has 48 heavy (non-hydrogen) atoms. The van der Waals surface area contributed by atoms with E-state index in [9.17, 15) is 23.1 Å². The van der Waals surface area contributed by atoms with Crippen LogP contribution in [0, 0.1) is 11.8 Å². The van der Waals surface area contributed by atoms with Crippen LogP contribution in [-0.4, -0.2) is 101 Å². The van der Waals surface area contributed by atoms with Crippen LogP contribution >= 0.6 is 0 Å². The van der Waals surface area contributed by atoms with Crippen LogP contribution in [0.5, 0.6) is 17.2 Å². The number of amides is 2. The molecule has 3 aliphatic heterocycles. The number of aliphatic hydroxyl groups excluding tert-OH is 1. The molecule has 0 aromatic heterocycles. The van der Waals surface area contributed by atoms with Crippen molar-refractivity contribution < 1.29 is 51.5 Å². The predicted molar refractivity (Wildman–Crippen MR) is 172 cm³/mol. The molecule has 264 valence electrons. The molecule has 3 aliphatic rings. The molecular weight excluding hydrogens is 646 g/mol. The van der Waals surface area contributed by atoms with Crippen LogP contribution in [0.1, 0.15) is 38.7 Å². The van der Waals surface area contributed by atoms with E-state index in [0.29, 0.717) is 49.7 Å². The van der Waals surface area contributed by atoms with Gasteiger partial charge in [0.15, 0.2) is 17.8 Å². The molecule has 3 heterocycles. The van der Waals surface area contributed by atoms with Gasteiger partial charge in [-0.15, -0.1) is 0 Å². The number of hydrogen-bond donors (Lipinski definition) is 3. The summed E-state index contributed by atoms with van der Waals surface area (Å²) >= 11 is 0. The van der Waals surface area contributed by atoms with Crippen LogP contribution in [-0.2, 0) is 35.4 Å². The number of carbonyl (C=O) groups is 2. The number of ether oxygens (including phenoxy) is 6. The van der Waals surface area contributed by atoms with Crippen molar-refractivity contribution in [2.75, 3.05) is 46.8 Å². The van der Waals surface area contributed by atoms with Gasteiger partial charge < -0.3 is 44.2 Å². The lowest BCUT2D eigenvalue weighted by Gasteiger charge is -2.31. The third kappa shape index (κ3) is 9.08. The minimum absolute atomic E-state index is 0.00288. The van der Waals surface area contributed by atoms with E-state index in [0.717, 1.165) is 5.56 Å². The molecule has 5 atom stereocenters. The molecule has 0 saturated carbocycles. The Kier molecular flexibility index (Phi) is 12.0. The summed E-state index contributed by atoms with van der Waals surface area (Å²) in [7, 11) is -2.49. The zero-order valence-corrected chi connectivity index (χ0v) is 28.3. The van der Waals surface area contributed by atoms with Gasteiger partial charge in [-0.25, -0.2) is 13.2 Å². The van der Waals surface area contributed by atoms with E-state index in [-0.39, 0.29) is 55.5 Å². The van der Waals surface area contributed by atoms with Crippen molar-refractivity contribution in [3.8, 4) is 17.2 Å². The first-order valence-corrected chi connectivity index (χ1v) is 17.7. The van der Waals surface area contributed by atoms with Gasteiger partial charge in [0.05, 0.1) is 42.8 Å². The maximum Gasteiger partial charge on any atom is 0.407 e. The lowest BCUT2D eigenvalue weighted by molar-refractivity contribution is -0.120. The Morgan fingerprint density at radius 1 is 1.06 bits per heavy atom. The summed E-state index contributed by atoms with van der Waals surface area (Å²) in [6, 6.07) is 10.6. The fourth-order valence-corrected chi connectivity index (χ4v) is 7.51. The first kappa shape index (κ1) is 35.7. The molecule has 0 unspecified atom stereocenters. The molecule has 0 radical (unpaired) electrons. The summed E-state index contributed by atoms with van der Waals surface area (Å²) in [5.74, 6) is 1.19. The third-order valence-electron chi connectivity index (χ3n) is 8.43. The molecular formula is C33H45N3O11S. The predicted octanol–water partition coefficient (Wildman–Crippen LogP) is 2.43. The Labute approximate surface area is 281 Å². The van der Waals surface area contributed by atoms with Crippen molar-refractivity contribution in [1.82, 2.24) is 14.9 Å². The molecule has 3 N–H and O–H groups in total. The first-order valence-electron chi connectivity index (χ1n) is 16.2. The number of nitrogens with one attached hydrogen (secondary N) is 2. The van der Waals surface area contributed by atoms with Crippen molar-refractivity contribution >= 4 is 22.0 Å². The number of benzene rings is 2. The fourth-order valence-electron chi connectivity index (χ4n) is 5.88. The molecule has 0 bridgehead atoms. The molecule has 5 rings (SSSR count). The van der Waals surface area contributed by atoms with Crippen LogP contribution in [0.25, 0.3) is 0 Å². The average molecular weight is 692 g/mol. The fraction of sp³-hybridized carbons (Fsp3) is 0.576. The third-order valence-corrected chi connectivity index (χ3v) is 10.3. The number of aliphatic hydroxyl groups is 1. The summed E-state index contributed by atoms with van der Waals surface area (Å²) in [6.45, 7) is 4.69. The second-order valence-electron chi connectivity index (χ2n) is 12.5. The van der Waals surface area contributed by atoms with Crippen molar-refractivity contribution in [3.63, 3.8) is 0 Å². The van der Waals surface area contributed by atoms with Crippen molar-refractivity contribution in [1.29, 1.82) is 0 Å². The largest absolute Gasteiger partial charge is 0.494 e. The standard InChI is InChI=1S/C33H45N3O11S/c1-21(2)17-36(48(40,41)24-10-11-28-29(16-24)46-20-45-28)18-27(37)26(35-33(39)47-30-19-44-32-25(30)12-14-43-32)15-22-6-8-23(9-7-22)42-13-4-5-31(38)34-3/h6-11,16,21,25-27,30,32,37H,4-5,12-15,17-20H2,1-3H3,(H,34,38)(H,35,39)/t25-,26-,27+,30-,32+/m0/s1. The SMILES string of the molecule is CNC(=O)CCCOc1ccc(C[C@H](NC(=O)O[C@H]2CO[C@H]3OCC[C@H]32)[C@H](O)CN(CC(C)C)S(=O)(=O)c2ccc3c(c2)OCO3)cc1. The summed E-state index contributed by atoms with van der Waals surface area (Å²) in [5, 5.41) is 17.0. The van der Waals surface area contributed by atoms with E-state index in [1.165, 1.54) is 16.4 Å². The van der Waals surface area contributed by atoms with Crippen LogP contribution < -0.4 is 24.8 Å². The highest BCUT2D eigenvalue weighted by Gasteiger charge is 2.44. The highest BCUT2D eigenvalue weighted by molar-refractivity contribution is 7.89. The monoisotopic (exact) mass is 691 g/mol. The van der Waals surface area contributed by atoms with E-state index < -0.39 is 40.7 Å². The number of sulfonamides is 1. The summed E-state index contributed by atoms with van der Waals surface area (Å²) in [6.07, 6.45) is -1.18. The normalized spacial score (nSPS) is 21.2. The van der Waals surface area contributed by atoms with Crippen LogP contribution in [0.2, 0.25) is 0 Å². The van der Waals surface area contributed by atoms with Gasteiger partial charge in [0.2, 0.25) is 22.7 Å². The van der Waals surface area contributed by atoms with E-state index >= 15 is 0 Å². The minimum atomic E-state index is -4.08. The Morgan fingerprint density at radius 3 is 2.58 bits per heavy atom. The lowest BCUT2D eigenvalue weighted by Crippen LogP contribution is -2.51. The zero-order chi connectivity index (χ0) is 34.3. The van der Waals surface area contributed by atoms with E-state index in [4.69, 9.17) is 28.4 Å². The van der Waals surface area contributed by atoms with Gasteiger partial charge in [0, 0.05) is 32.6 Å². The minimum Gasteiger partial charge on any atom is -0.494 e. The molecule has 2 saturated heterocycles. The van der Waals surface area contributed by atoms with E-state index in [1.807, 2.05) is 13.8 Å². The number of alkyl carbamates (subject to hydrolysis) is 1. The Bertz CT molecular complexity index is 1500. The number of carbonyl (C=O) groups excluding carboxylic acids is 2. The zero-order valence-electron chi connectivity index (χ0n) is 27.5. The number of rotatable bonds is 16. The van der Waals surface area contributed by atoms with Crippen molar-refractivity contribution in [2.45, 2.75) is 69.0 Å².